The van der Waals surface area contributed by atoms with Crippen LogP contribution in [0.4, 0.5) is 17.6 Å². The maximum absolute atomic E-state index is 12.0. The highest BCUT2D eigenvalue weighted by Crippen LogP contribution is 2.39. The van der Waals surface area contributed by atoms with Gasteiger partial charge in [-0.15, -0.1) is 6.58 Å². The number of hydrogen-bond donors (Lipinski definition) is 0. The molecule has 0 fully saturated rings. The van der Waals surface area contributed by atoms with Crippen LogP contribution in [0, 0.1) is 0 Å². The highest BCUT2D eigenvalue weighted by atomic mass is 35.5. The Kier molecular flexibility index (Phi) is 2.71. The van der Waals surface area contributed by atoms with Gasteiger partial charge >= 0.3 is 11.3 Å². The van der Waals surface area contributed by atoms with Crippen LogP contribution in [-0.4, -0.2) is 11.3 Å². The first-order chi connectivity index (χ1) is 4.31. The van der Waals surface area contributed by atoms with Gasteiger partial charge in [-0.05, 0) is 11.6 Å². The molecule has 0 radical (unpaired) electrons. The summed E-state index contributed by atoms with van der Waals surface area (Å²) in [5, 5.41) is -4.48. The summed E-state index contributed by atoms with van der Waals surface area (Å²) in [5.74, 6) is -4.20. The Hall–Kier alpha value is -0.250. The van der Waals surface area contributed by atoms with Gasteiger partial charge in [0.05, 0.1) is 0 Å². The van der Waals surface area contributed by atoms with Crippen LogP contribution >= 0.6 is 11.6 Å². The predicted molar refractivity (Wildman–Crippen MR) is 30.6 cm³/mol. The Labute approximate surface area is 60.5 Å². The second kappa shape index (κ2) is 2.78. The molecule has 0 N–H and O–H groups in total. The molecule has 0 aromatic carbocycles. The molecule has 0 nitrogen and oxygen atoms in total. The monoisotopic (exact) mass is 176 g/mol. The Bertz CT molecular complexity index is 126. The lowest BCUT2D eigenvalue weighted by Crippen LogP contribution is -2.34. The van der Waals surface area contributed by atoms with Gasteiger partial charge in [0, 0.05) is 6.42 Å². The molecule has 10 heavy (non-hydrogen) atoms. The molecule has 0 aliphatic rings. The van der Waals surface area contributed by atoms with E-state index in [1.54, 1.807) is 0 Å². The average molecular weight is 177 g/mol. The summed E-state index contributed by atoms with van der Waals surface area (Å²) in [6.45, 7) is 2.89. The van der Waals surface area contributed by atoms with E-state index in [0.717, 1.165) is 0 Å². The van der Waals surface area contributed by atoms with Crippen molar-refractivity contribution in [2.45, 2.75) is 17.7 Å². The average Bonchev–Trinajstić information content (AvgIpc) is 1.61. The largest absolute Gasteiger partial charge is 0.384 e. The Morgan fingerprint density at radius 2 is 1.70 bits per heavy atom. The van der Waals surface area contributed by atoms with E-state index in [1.807, 2.05) is 0 Å². The maximum Gasteiger partial charge on any atom is 0.384 e. The van der Waals surface area contributed by atoms with Crippen molar-refractivity contribution in [2.24, 2.45) is 0 Å². The van der Waals surface area contributed by atoms with E-state index < -0.39 is 17.7 Å². The highest BCUT2D eigenvalue weighted by Gasteiger charge is 2.53. The van der Waals surface area contributed by atoms with Crippen molar-refractivity contribution < 1.29 is 17.6 Å². The van der Waals surface area contributed by atoms with Crippen LogP contribution in [0.25, 0.3) is 0 Å². The standard InChI is InChI=1S/C5H5ClF4/c1-2-3-4(7,8)5(6,9)10/h2H,1,3H2. The van der Waals surface area contributed by atoms with E-state index in [0.29, 0.717) is 6.08 Å². The molecule has 0 spiro atoms. The molecular weight excluding hydrogens is 172 g/mol. The summed E-state index contributed by atoms with van der Waals surface area (Å²) in [5.41, 5.74) is 0. The van der Waals surface area contributed by atoms with Crippen LogP contribution in [0.5, 0.6) is 0 Å². The van der Waals surface area contributed by atoms with E-state index in [-0.39, 0.29) is 0 Å². The molecule has 0 amide bonds. The van der Waals surface area contributed by atoms with Crippen LogP contribution < -0.4 is 0 Å². The van der Waals surface area contributed by atoms with E-state index in [9.17, 15) is 17.6 Å². The molecule has 0 heterocycles. The summed E-state index contributed by atoms with van der Waals surface area (Å²) in [6, 6.07) is 0. The van der Waals surface area contributed by atoms with Crippen LogP contribution in [0.1, 0.15) is 6.42 Å². The van der Waals surface area contributed by atoms with E-state index in [4.69, 9.17) is 0 Å². The summed E-state index contributed by atoms with van der Waals surface area (Å²) in [6.07, 6.45) is -0.431. The lowest BCUT2D eigenvalue weighted by atomic mass is 10.2. The van der Waals surface area contributed by atoms with Crippen LogP contribution in [0.15, 0.2) is 12.7 Å². The lowest BCUT2D eigenvalue weighted by molar-refractivity contribution is -0.154. The fourth-order valence-electron chi connectivity index (χ4n) is 0.297. The van der Waals surface area contributed by atoms with Gasteiger partial charge in [-0.2, -0.15) is 17.6 Å². The number of hydrogen-bond acceptors (Lipinski definition) is 0. The fraction of sp³-hybridized carbons (Fsp3) is 0.600. The van der Waals surface area contributed by atoms with Gasteiger partial charge in [-0.1, -0.05) is 6.08 Å². The van der Waals surface area contributed by atoms with Gasteiger partial charge in [0.15, 0.2) is 0 Å². The number of halogens is 5. The van der Waals surface area contributed by atoms with Crippen LogP contribution in [0.2, 0.25) is 0 Å². The minimum absolute atomic E-state index is 0.691. The predicted octanol–water partition coefficient (Wildman–Crippen LogP) is 3.03. The molecule has 0 aromatic heterocycles. The van der Waals surface area contributed by atoms with Gasteiger partial charge in [0.2, 0.25) is 0 Å². The zero-order valence-corrected chi connectivity index (χ0v) is 5.64. The van der Waals surface area contributed by atoms with Crippen molar-refractivity contribution in [3.8, 4) is 0 Å². The van der Waals surface area contributed by atoms with E-state index in [2.05, 4.69) is 18.2 Å². The Morgan fingerprint density at radius 3 is 1.80 bits per heavy atom. The fourth-order valence-corrected chi connectivity index (χ4v) is 0.374. The molecule has 0 rings (SSSR count). The Morgan fingerprint density at radius 1 is 1.30 bits per heavy atom. The van der Waals surface area contributed by atoms with E-state index in [1.165, 1.54) is 0 Å². The molecule has 0 bridgehead atoms. The molecule has 0 saturated carbocycles. The van der Waals surface area contributed by atoms with Crippen molar-refractivity contribution >= 4 is 11.6 Å². The van der Waals surface area contributed by atoms with Gasteiger partial charge in [0.25, 0.3) is 0 Å². The first-order valence-corrected chi connectivity index (χ1v) is 2.74. The molecule has 0 unspecified atom stereocenters. The lowest BCUT2D eigenvalue weighted by Gasteiger charge is -2.18. The molecular formula is C5H5ClF4. The SMILES string of the molecule is C=CCC(F)(F)C(F)(F)Cl. The summed E-state index contributed by atoms with van der Waals surface area (Å²) in [7, 11) is 0. The quantitative estimate of drug-likeness (QED) is 0.352. The molecule has 0 aliphatic carbocycles. The van der Waals surface area contributed by atoms with Crippen molar-refractivity contribution in [2.75, 3.05) is 0 Å². The second-order valence-corrected chi connectivity index (χ2v) is 2.17. The minimum Gasteiger partial charge on any atom is -0.198 e. The second-order valence-electron chi connectivity index (χ2n) is 1.70. The smallest absolute Gasteiger partial charge is 0.198 e. The Balaban J connectivity index is 4.23. The van der Waals surface area contributed by atoms with Gasteiger partial charge in [-0.25, -0.2) is 0 Å². The van der Waals surface area contributed by atoms with Crippen molar-refractivity contribution in [3.63, 3.8) is 0 Å². The third-order valence-electron chi connectivity index (χ3n) is 0.815. The van der Waals surface area contributed by atoms with Crippen molar-refractivity contribution in [1.82, 2.24) is 0 Å². The molecule has 60 valence electrons. The number of alkyl halides is 5. The van der Waals surface area contributed by atoms with Crippen molar-refractivity contribution in [3.05, 3.63) is 12.7 Å². The normalized spacial score (nSPS) is 13.3. The number of allylic oxidation sites excluding steroid dienone is 1. The molecule has 0 aromatic rings. The van der Waals surface area contributed by atoms with Gasteiger partial charge in [0.1, 0.15) is 0 Å². The first-order valence-electron chi connectivity index (χ1n) is 2.36. The summed E-state index contributed by atoms with van der Waals surface area (Å²) < 4.78 is 47.3. The molecule has 0 saturated heterocycles. The highest BCUT2D eigenvalue weighted by molar-refractivity contribution is 6.22. The van der Waals surface area contributed by atoms with Gasteiger partial charge in [-0.3, -0.25) is 0 Å². The first kappa shape index (κ1) is 9.75. The van der Waals surface area contributed by atoms with Crippen LogP contribution in [-0.2, 0) is 0 Å². The summed E-state index contributed by atoms with van der Waals surface area (Å²) in [4.78, 5) is 0. The third-order valence-corrected chi connectivity index (χ3v) is 1.09. The summed E-state index contributed by atoms with van der Waals surface area (Å²) >= 11 is 4.07. The zero-order chi connectivity index (χ0) is 8.41. The number of rotatable bonds is 3. The molecule has 0 atom stereocenters. The minimum atomic E-state index is -4.48. The van der Waals surface area contributed by atoms with Crippen LogP contribution in [0.3, 0.4) is 0 Å². The zero-order valence-electron chi connectivity index (χ0n) is 4.88. The molecule has 0 aliphatic heterocycles. The molecule has 5 heteroatoms. The van der Waals surface area contributed by atoms with Crippen molar-refractivity contribution in [1.29, 1.82) is 0 Å². The van der Waals surface area contributed by atoms with E-state index >= 15 is 0 Å². The topological polar surface area (TPSA) is 0 Å². The van der Waals surface area contributed by atoms with Gasteiger partial charge < -0.3 is 0 Å². The third kappa shape index (κ3) is 2.17. The maximum atomic E-state index is 12.0.